The van der Waals surface area contributed by atoms with Gasteiger partial charge in [-0.25, -0.2) is 9.59 Å². The number of aliphatic carboxylic acids is 1. The maximum Gasteiger partial charge on any atom is 0.326 e. The Morgan fingerprint density at radius 1 is 1.26 bits per heavy atom. The van der Waals surface area contributed by atoms with E-state index in [1.165, 1.54) is 4.90 Å². The van der Waals surface area contributed by atoms with Crippen molar-refractivity contribution in [3.63, 3.8) is 0 Å². The normalized spacial score (nSPS) is 35.1. The molecule has 2 rings (SSSR count). The van der Waals surface area contributed by atoms with Gasteiger partial charge in [-0.1, -0.05) is 0 Å². The van der Waals surface area contributed by atoms with Gasteiger partial charge in [-0.05, 0) is 12.8 Å². The molecule has 3 N–H and O–H groups in total. The standard InChI is InChI=1S/C11H18N2O5S/c14-8-5-9(10(15)16)13(6-8)11(17)12-7-1-3-19(18)4-2-7/h7-9,14H,1-6H2,(H,12,17)(H,15,16)/t7?,8?,9-,19?/m0/s1. The number of hydrogen-bond acceptors (Lipinski definition) is 4. The van der Waals surface area contributed by atoms with Gasteiger partial charge in [0, 0.05) is 41.3 Å². The smallest absolute Gasteiger partial charge is 0.326 e. The molecule has 0 aliphatic carbocycles. The highest BCUT2D eigenvalue weighted by atomic mass is 32.2. The van der Waals surface area contributed by atoms with Gasteiger partial charge in [-0.2, -0.15) is 0 Å². The van der Waals surface area contributed by atoms with Crippen LogP contribution in [0.25, 0.3) is 0 Å². The molecular formula is C11H18N2O5S. The van der Waals surface area contributed by atoms with Gasteiger partial charge in [0.25, 0.3) is 0 Å². The zero-order valence-electron chi connectivity index (χ0n) is 10.4. The van der Waals surface area contributed by atoms with Crippen LogP contribution in [0, 0.1) is 0 Å². The zero-order valence-corrected chi connectivity index (χ0v) is 11.3. The number of aliphatic hydroxyl groups is 1. The van der Waals surface area contributed by atoms with Gasteiger partial charge in [-0.15, -0.1) is 0 Å². The van der Waals surface area contributed by atoms with Gasteiger partial charge in [0.2, 0.25) is 0 Å². The number of β-amino-alcohol motifs (C(OH)–C–C–N with tert-alkyl or cyclic N) is 1. The second-order valence-corrected chi connectivity index (χ2v) is 6.66. The molecule has 19 heavy (non-hydrogen) atoms. The molecule has 2 saturated heterocycles. The largest absolute Gasteiger partial charge is 0.480 e. The summed E-state index contributed by atoms with van der Waals surface area (Å²) in [4.78, 5) is 24.2. The number of carboxylic acid groups (broad SMARTS) is 1. The summed E-state index contributed by atoms with van der Waals surface area (Å²) in [5.74, 6) is 0.0303. The third-order valence-electron chi connectivity index (χ3n) is 3.54. The molecule has 108 valence electrons. The predicted molar refractivity (Wildman–Crippen MR) is 68.2 cm³/mol. The van der Waals surface area contributed by atoms with Crippen molar-refractivity contribution in [1.82, 2.24) is 10.2 Å². The molecule has 2 atom stereocenters. The van der Waals surface area contributed by atoms with Crippen molar-refractivity contribution in [2.45, 2.75) is 37.5 Å². The molecule has 0 saturated carbocycles. The third-order valence-corrected chi connectivity index (χ3v) is 4.92. The molecule has 0 bridgehead atoms. The molecule has 0 spiro atoms. The van der Waals surface area contributed by atoms with Crippen molar-refractivity contribution >= 4 is 22.8 Å². The minimum atomic E-state index is -1.10. The summed E-state index contributed by atoms with van der Waals surface area (Å²) in [6, 6.07) is -1.48. The topological polar surface area (TPSA) is 107 Å². The van der Waals surface area contributed by atoms with Crippen LogP contribution in [0.4, 0.5) is 4.79 Å². The third kappa shape index (κ3) is 3.44. The number of carboxylic acids is 1. The molecule has 2 fully saturated rings. The van der Waals surface area contributed by atoms with E-state index in [-0.39, 0.29) is 19.0 Å². The summed E-state index contributed by atoms with van der Waals surface area (Å²) in [5.41, 5.74) is 0. The Morgan fingerprint density at radius 3 is 2.47 bits per heavy atom. The summed E-state index contributed by atoms with van der Waals surface area (Å²) in [7, 11) is -0.797. The van der Waals surface area contributed by atoms with Gasteiger partial charge in [0.05, 0.1) is 6.10 Å². The van der Waals surface area contributed by atoms with Crippen molar-refractivity contribution < 1.29 is 24.0 Å². The average molecular weight is 290 g/mol. The second kappa shape index (κ2) is 5.87. The van der Waals surface area contributed by atoms with Crippen molar-refractivity contribution in [2.24, 2.45) is 0 Å². The van der Waals surface area contributed by atoms with Crippen molar-refractivity contribution in [3.8, 4) is 0 Å². The van der Waals surface area contributed by atoms with Crippen LogP contribution in [-0.2, 0) is 15.6 Å². The molecule has 2 aliphatic rings. The molecule has 2 aliphatic heterocycles. The van der Waals surface area contributed by atoms with Gasteiger partial charge < -0.3 is 20.4 Å². The molecule has 7 nitrogen and oxygen atoms in total. The fraction of sp³-hybridized carbons (Fsp3) is 0.818. The van der Waals surface area contributed by atoms with Gasteiger partial charge in [0.15, 0.2) is 0 Å². The summed E-state index contributed by atoms with van der Waals surface area (Å²) in [6.07, 6.45) is 0.571. The van der Waals surface area contributed by atoms with Gasteiger partial charge in [0.1, 0.15) is 6.04 Å². The number of hydrogen-bond donors (Lipinski definition) is 3. The number of carbonyl (C=O) groups excluding carboxylic acids is 1. The highest BCUT2D eigenvalue weighted by molar-refractivity contribution is 7.85. The summed E-state index contributed by atoms with van der Waals surface area (Å²) >= 11 is 0. The second-order valence-electron chi connectivity index (χ2n) is 4.97. The number of nitrogens with one attached hydrogen (secondary N) is 1. The van der Waals surface area contributed by atoms with E-state index >= 15 is 0 Å². The summed E-state index contributed by atoms with van der Waals surface area (Å²) < 4.78 is 11.2. The van der Waals surface area contributed by atoms with E-state index in [4.69, 9.17) is 5.11 Å². The van der Waals surface area contributed by atoms with E-state index in [1.54, 1.807) is 0 Å². The van der Waals surface area contributed by atoms with Gasteiger partial charge in [-0.3, -0.25) is 4.21 Å². The quantitative estimate of drug-likeness (QED) is 0.612. The molecule has 1 unspecified atom stereocenters. The van der Waals surface area contributed by atoms with Crippen LogP contribution in [0.1, 0.15) is 19.3 Å². The fourth-order valence-corrected chi connectivity index (χ4v) is 3.77. The lowest BCUT2D eigenvalue weighted by Crippen LogP contribution is -2.50. The SMILES string of the molecule is O=C(O)[C@@H]1CC(O)CN1C(=O)NC1CCS(=O)CC1. The lowest BCUT2D eigenvalue weighted by molar-refractivity contribution is -0.141. The van der Waals surface area contributed by atoms with Crippen LogP contribution >= 0.6 is 0 Å². The van der Waals surface area contributed by atoms with Crippen LogP contribution in [0.3, 0.4) is 0 Å². The monoisotopic (exact) mass is 290 g/mol. The Labute approximate surface area is 113 Å². The molecule has 0 aromatic carbocycles. The summed E-state index contributed by atoms with van der Waals surface area (Å²) in [6.45, 7) is 0.0431. The first-order chi connectivity index (χ1) is 8.97. The van der Waals surface area contributed by atoms with E-state index in [9.17, 15) is 18.9 Å². The van der Waals surface area contributed by atoms with Crippen LogP contribution in [0.2, 0.25) is 0 Å². The number of rotatable bonds is 2. The fourth-order valence-electron chi connectivity index (χ4n) is 2.47. The Hall–Kier alpha value is -1.15. The Morgan fingerprint density at radius 2 is 1.89 bits per heavy atom. The van der Waals surface area contributed by atoms with Crippen molar-refractivity contribution in [1.29, 1.82) is 0 Å². The number of amides is 2. The lowest BCUT2D eigenvalue weighted by Gasteiger charge is -2.27. The van der Waals surface area contributed by atoms with Crippen LogP contribution < -0.4 is 5.32 Å². The Bertz CT molecular complexity index is 393. The van der Waals surface area contributed by atoms with Crippen molar-refractivity contribution in [3.05, 3.63) is 0 Å². The zero-order chi connectivity index (χ0) is 14.0. The highest BCUT2D eigenvalue weighted by Gasteiger charge is 2.39. The van der Waals surface area contributed by atoms with Crippen LogP contribution in [0.15, 0.2) is 0 Å². The maximum absolute atomic E-state index is 12.0. The average Bonchev–Trinajstić information content (AvgIpc) is 2.74. The molecule has 2 amide bonds. The maximum atomic E-state index is 12.0. The molecule has 2 heterocycles. The first-order valence-corrected chi connectivity index (χ1v) is 7.79. The Balaban J connectivity index is 1.91. The van der Waals surface area contributed by atoms with Crippen LogP contribution in [0.5, 0.6) is 0 Å². The number of urea groups is 1. The molecule has 0 radical (unpaired) electrons. The minimum Gasteiger partial charge on any atom is -0.480 e. The van der Waals surface area contributed by atoms with E-state index < -0.39 is 34.9 Å². The number of nitrogens with zero attached hydrogens (tertiary/aromatic N) is 1. The first-order valence-electron chi connectivity index (χ1n) is 6.30. The van der Waals surface area contributed by atoms with E-state index in [0.717, 1.165) is 0 Å². The van der Waals surface area contributed by atoms with Crippen molar-refractivity contribution in [2.75, 3.05) is 18.1 Å². The van der Waals surface area contributed by atoms with E-state index in [0.29, 0.717) is 24.3 Å². The first kappa shape index (κ1) is 14.3. The molecular weight excluding hydrogens is 272 g/mol. The number of carbonyl (C=O) groups is 2. The van der Waals surface area contributed by atoms with Gasteiger partial charge >= 0.3 is 12.0 Å². The molecule has 0 aromatic heterocycles. The minimum absolute atomic E-state index is 0.0431. The number of aliphatic hydroxyl groups excluding tert-OH is 1. The van der Waals surface area contributed by atoms with E-state index in [2.05, 4.69) is 5.32 Å². The lowest BCUT2D eigenvalue weighted by atomic mass is 10.1. The molecule has 0 aromatic rings. The number of likely N-dealkylation sites (tertiary alicyclic amines) is 1. The Kier molecular flexibility index (Phi) is 4.41. The molecule has 8 heteroatoms. The van der Waals surface area contributed by atoms with E-state index in [1.807, 2.05) is 0 Å². The van der Waals surface area contributed by atoms with Crippen LogP contribution in [-0.4, -0.2) is 67.6 Å². The highest BCUT2D eigenvalue weighted by Crippen LogP contribution is 2.19. The predicted octanol–water partition coefficient (Wildman–Crippen LogP) is -0.873. The summed E-state index contributed by atoms with van der Waals surface area (Å²) in [5, 5.41) is 21.3.